The Morgan fingerprint density at radius 2 is 1.11 bits per heavy atom. The standard InChI is InChI=1S/C20H16N6.Pt/c1-3-7-19-17(5-1)21-13-23-10-12-26(16-23)20-8-4-2-6-18(20)22-14-24-9-11-25(19)15-24;/h1-12H,13-14H2;/q-2;. The second-order valence-corrected chi connectivity index (χ2v) is 9.01. The summed E-state index contributed by atoms with van der Waals surface area (Å²) in [6.45, 7) is 1.26. The van der Waals surface area contributed by atoms with Crippen LogP contribution in [0.3, 0.4) is 0 Å². The third kappa shape index (κ3) is 2.30. The van der Waals surface area contributed by atoms with Crippen molar-refractivity contribution in [2.24, 2.45) is 0 Å². The van der Waals surface area contributed by atoms with Crippen LogP contribution < -0.4 is 9.80 Å². The van der Waals surface area contributed by atoms with Crippen molar-refractivity contribution in [1.29, 1.82) is 0 Å². The van der Waals surface area contributed by atoms with Crippen LogP contribution in [0.1, 0.15) is 0 Å². The molecule has 0 atom stereocenters. The predicted molar refractivity (Wildman–Crippen MR) is 106 cm³/mol. The van der Waals surface area contributed by atoms with Gasteiger partial charge in [0.1, 0.15) is 0 Å². The monoisotopic (exact) mass is 535 g/mol. The first-order chi connectivity index (χ1) is 13.4. The maximum absolute atomic E-state index is 4.92. The molecule has 2 bridgehead atoms. The number of nitrogens with zero attached hydrogens (tertiary/aromatic N) is 6. The van der Waals surface area contributed by atoms with Gasteiger partial charge in [-0.15, -0.1) is 0 Å². The molecule has 4 aliphatic heterocycles. The molecule has 2 aromatic carbocycles. The number of para-hydroxylation sites is 4. The molecule has 2 aromatic rings. The molecular formula is C20H16N6Pt-2. The zero-order chi connectivity index (χ0) is 17.8. The Morgan fingerprint density at radius 3 is 1.63 bits per heavy atom. The van der Waals surface area contributed by atoms with Crippen molar-refractivity contribution in [3.63, 3.8) is 0 Å². The van der Waals surface area contributed by atoms with Crippen molar-refractivity contribution in [3.05, 3.63) is 84.0 Å². The molecule has 4 heterocycles. The van der Waals surface area contributed by atoms with Crippen LogP contribution in [0.15, 0.2) is 73.3 Å². The van der Waals surface area contributed by atoms with E-state index in [4.69, 9.17) is 10.6 Å². The summed E-state index contributed by atoms with van der Waals surface area (Å²) < 4.78 is 2.62. The Labute approximate surface area is 165 Å². The van der Waals surface area contributed by atoms with Crippen LogP contribution in [-0.2, 0) is 17.6 Å². The van der Waals surface area contributed by atoms with Gasteiger partial charge in [-0.3, -0.25) is 0 Å². The Kier molecular flexibility index (Phi) is 3.29. The van der Waals surface area contributed by atoms with Gasteiger partial charge in [0, 0.05) is 0 Å². The first-order valence-electron chi connectivity index (χ1n) is 8.72. The summed E-state index contributed by atoms with van der Waals surface area (Å²) in [7, 11) is 0. The summed E-state index contributed by atoms with van der Waals surface area (Å²) in [5.41, 5.74) is 4.32. The molecule has 138 valence electrons. The van der Waals surface area contributed by atoms with Crippen LogP contribution in [0, 0.1) is 0 Å². The summed E-state index contributed by atoms with van der Waals surface area (Å²) >= 11 is -0.461. The van der Waals surface area contributed by atoms with E-state index in [1.807, 2.05) is 0 Å². The summed E-state index contributed by atoms with van der Waals surface area (Å²) in [5, 5.41) is 9.84. The second kappa shape index (κ2) is 5.83. The molecule has 0 amide bonds. The average Bonchev–Trinajstić information content (AvgIpc) is 3.30. The number of fused-ring (bicyclic) bond motifs is 4. The SMILES string of the molecule is C1=CN2[C]3=[Pt]=[C]4N(C=CN4c4ccccc4[N-]CN13)C[N-]c1ccccc12. The summed E-state index contributed by atoms with van der Waals surface area (Å²) in [5.74, 6) is 0. The third-order valence-corrected chi connectivity index (χ3v) is 8.22. The minimum absolute atomic E-state index is 0.461. The first-order valence-corrected chi connectivity index (χ1v) is 11.0. The molecule has 0 fully saturated rings. The van der Waals surface area contributed by atoms with E-state index in [0.29, 0.717) is 13.3 Å². The van der Waals surface area contributed by atoms with Gasteiger partial charge in [0.15, 0.2) is 0 Å². The average molecular weight is 535 g/mol. The first kappa shape index (κ1) is 15.2. The van der Waals surface area contributed by atoms with Crippen molar-refractivity contribution in [1.82, 2.24) is 9.80 Å². The number of benzene rings is 2. The van der Waals surface area contributed by atoms with Crippen molar-refractivity contribution in [2.45, 2.75) is 0 Å². The van der Waals surface area contributed by atoms with E-state index < -0.39 is 17.6 Å². The summed E-state index contributed by atoms with van der Waals surface area (Å²) in [4.78, 5) is 9.15. The fourth-order valence-corrected chi connectivity index (χ4v) is 6.68. The van der Waals surface area contributed by atoms with Crippen LogP contribution in [0.5, 0.6) is 0 Å². The molecule has 0 N–H and O–H groups in total. The third-order valence-electron chi connectivity index (χ3n) is 4.81. The quantitative estimate of drug-likeness (QED) is 0.515. The molecule has 27 heavy (non-hydrogen) atoms. The number of hydrogen-bond acceptors (Lipinski definition) is 4. The molecule has 4 aliphatic rings. The van der Waals surface area contributed by atoms with E-state index in [0.717, 1.165) is 22.7 Å². The molecule has 7 heteroatoms. The minimum atomic E-state index is -0.461. The zero-order valence-corrected chi connectivity index (χ0v) is 16.6. The molecule has 0 saturated heterocycles. The van der Waals surface area contributed by atoms with E-state index in [-0.39, 0.29) is 0 Å². The molecule has 0 unspecified atom stereocenters. The van der Waals surface area contributed by atoms with E-state index in [1.165, 1.54) is 8.29 Å². The van der Waals surface area contributed by atoms with Gasteiger partial charge in [-0.1, -0.05) is 0 Å². The van der Waals surface area contributed by atoms with Crippen LogP contribution in [0.2, 0.25) is 0 Å². The van der Waals surface area contributed by atoms with Gasteiger partial charge in [0.25, 0.3) is 0 Å². The molecule has 0 aromatic heterocycles. The molecule has 0 aliphatic carbocycles. The fourth-order valence-electron chi connectivity index (χ4n) is 3.48. The Morgan fingerprint density at radius 1 is 0.630 bits per heavy atom. The summed E-state index contributed by atoms with van der Waals surface area (Å²) in [6, 6.07) is 16.8. The predicted octanol–water partition coefficient (Wildman–Crippen LogP) is 3.78. The number of rotatable bonds is 0. The Balaban J connectivity index is 1.60. The normalized spacial score (nSPS) is 19.6. The van der Waals surface area contributed by atoms with Crippen molar-refractivity contribution >= 4 is 31.0 Å². The fraction of sp³-hybridized carbons (Fsp3) is 0.100. The van der Waals surface area contributed by atoms with E-state index in [9.17, 15) is 0 Å². The number of anilines is 2. The van der Waals surface area contributed by atoms with Gasteiger partial charge in [0.05, 0.1) is 0 Å². The van der Waals surface area contributed by atoms with Crippen molar-refractivity contribution < 1.29 is 17.6 Å². The van der Waals surface area contributed by atoms with Gasteiger partial charge in [-0.25, -0.2) is 0 Å². The van der Waals surface area contributed by atoms with E-state index >= 15 is 0 Å². The van der Waals surface area contributed by atoms with Crippen molar-refractivity contribution in [2.75, 3.05) is 23.1 Å². The molecule has 0 radical (unpaired) electrons. The van der Waals surface area contributed by atoms with E-state index in [2.05, 4.69) is 92.9 Å². The van der Waals surface area contributed by atoms with Crippen LogP contribution in [0.4, 0.5) is 22.7 Å². The Bertz CT molecular complexity index is 986. The van der Waals surface area contributed by atoms with Gasteiger partial charge >= 0.3 is 166 Å². The van der Waals surface area contributed by atoms with Crippen molar-refractivity contribution in [3.8, 4) is 0 Å². The van der Waals surface area contributed by atoms with Crippen LogP contribution in [-0.4, -0.2) is 31.4 Å². The van der Waals surface area contributed by atoms with Gasteiger partial charge in [-0.2, -0.15) is 0 Å². The van der Waals surface area contributed by atoms with E-state index in [1.54, 1.807) is 0 Å². The molecule has 6 nitrogen and oxygen atoms in total. The second-order valence-electron chi connectivity index (χ2n) is 6.41. The number of hydrogen-bond donors (Lipinski definition) is 0. The van der Waals surface area contributed by atoms with Gasteiger partial charge in [-0.05, 0) is 0 Å². The molecule has 6 rings (SSSR count). The topological polar surface area (TPSA) is 41.2 Å². The molecule has 0 spiro atoms. The molecular weight excluding hydrogens is 519 g/mol. The molecule has 0 saturated carbocycles. The van der Waals surface area contributed by atoms with Gasteiger partial charge in [0.2, 0.25) is 0 Å². The van der Waals surface area contributed by atoms with Crippen LogP contribution >= 0.6 is 0 Å². The van der Waals surface area contributed by atoms with Gasteiger partial charge < -0.3 is 0 Å². The zero-order valence-electron chi connectivity index (χ0n) is 14.3. The summed E-state index contributed by atoms with van der Waals surface area (Å²) in [6.07, 6.45) is 8.58. The van der Waals surface area contributed by atoms with Crippen LogP contribution in [0.25, 0.3) is 10.6 Å². The Hall–Kier alpha value is -2.85. The maximum atomic E-state index is 4.92.